The number of hydrogen-bond donors (Lipinski definition) is 2. The molecule has 5 nitrogen and oxygen atoms in total. The van der Waals surface area contributed by atoms with Gasteiger partial charge < -0.3 is 15.4 Å². The van der Waals surface area contributed by atoms with Crippen molar-refractivity contribution in [2.45, 2.75) is 61.1 Å². The van der Waals surface area contributed by atoms with Gasteiger partial charge in [-0.25, -0.2) is 0 Å². The van der Waals surface area contributed by atoms with E-state index in [1.165, 1.54) is 17.7 Å². The van der Waals surface area contributed by atoms with Crippen molar-refractivity contribution in [1.82, 2.24) is 10.6 Å². The van der Waals surface area contributed by atoms with Crippen molar-refractivity contribution in [3.63, 3.8) is 0 Å². The van der Waals surface area contributed by atoms with Gasteiger partial charge in [-0.2, -0.15) is 0 Å². The highest BCUT2D eigenvalue weighted by molar-refractivity contribution is 8.01. The Bertz CT molecular complexity index is 638. The third kappa shape index (κ3) is 5.89. The number of ether oxygens (including phenoxy) is 1. The van der Waals surface area contributed by atoms with Crippen molar-refractivity contribution in [3.05, 3.63) is 30.3 Å². The highest BCUT2D eigenvalue weighted by atomic mass is 32.2. The third-order valence-corrected chi connectivity index (χ3v) is 6.87. The second kappa shape index (κ2) is 9.49. The van der Waals surface area contributed by atoms with Crippen molar-refractivity contribution in [3.8, 4) is 0 Å². The number of carbonyl (C=O) groups is 1. The highest BCUT2D eigenvalue weighted by Crippen LogP contribution is 2.51. The Hall–Kier alpha value is -1.69. The van der Waals surface area contributed by atoms with Crippen molar-refractivity contribution < 1.29 is 9.53 Å². The molecule has 1 aromatic carbocycles. The van der Waals surface area contributed by atoms with Crippen LogP contribution in [0, 0.1) is 5.92 Å². The Morgan fingerprint density at radius 1 is 1.22 bits per heavy atom. The van der Waals surface area contributed by atoms with E-state index in [2.05, 4.69) is 46.0 Å². The van der Waals surface area contributed by atoms with Crippen LogP contribution in [0.15, 0.2) is 40.2 Å². The van der Waals surface area contributed by atoms with Crippen LogP contribution < -0.4 is 10.6 Å². The molecule has 2 saturated carbocycles. The zero-order valence-electron chi connectivity index (χ0n) is 16.4. The lowest BCUT2D eigenvalue weighted by atomic mass is 9.86. The Balaban J connectivity index is 1.42. The lowest BCUT2D eigenvalue weighted by Crippen LogP contribution is -2.47. The number of benzene rings is 1. The molecular formula is C21H31N3O2S. The van der Waals surface area contributed by atoms with E-state index in [9.17, 15) is 4.79 Å². The van der Waals surface area contributed by atoms with E-state index in [1.807, 2.05) is 25.7 Å². The number of nitrogens with zero attached hydrogens (tertiary/aromatic N) is 1. The number of carbonyl (C=O) groups excluding carboxylic acids is 1. The predicted octanol–water partition coefficient (Wildman–Crippen LogP) is 3.60. The summed E-state index contributed by atoms with van der Waals surface area (Å²) in [6, 6.07) is 11.0. The van der Waals surface area contributed by atoms with Gasteiger partial charge in [0.2, 0.25) is 0 Å². The lowest BCUT2D eigenvalue weighted by Gasteiger charge is -2.29. The maximum Gasteiger partial charge on any atom is 0.308 e. The van der Waals surface area contributed by atoms with Crippen molar-refractivity contribution in [1.29, 1.82) is 0 Å². The smallest absolute Gasteiger partial charge is 0.308 e. The van der Waals surface area contributed by atoms with Crippen LogP contribution >= 0.6 is 11.8 Å². The van der Waals surface area contributed by atoms with Gasteiger partial charge in [-0.3, -0.25) is 9.79 Å². The van der Waals surface area contributed by atoms with Gasteiger partial charge >= 0.3 is 5.97 Å². The first kappa shape index (κ1) is 20.1. The lowest BCUT2D eigenvalue weighted by molar-refractivity contribution is -0.149. The van der Waals surface area contributed by atoms with E-state index in [4.69, 9.17) is 4.74 Å². The zero-order valence-corrected chi connectivity index (χ0v) is 17.2. The zero-order chi connectivity index (χ0) is 19.1. The normalized spacial score (nSPS) is 24.1. The number of nitrogens with one attached hydrogen (secondary N) is 2. The minimum absolute atomic E-state index is 0.0351. The fourth-order valence-corrected chi connectivity index (χ4v) is 4.80. The van der Waals surface area contributed by atoms with Crippen molar-refractivity contribution in [2.75, 3.05) is 20.2 Å². The summed E-state index contributed by atoms with van der Waals surface area (Å²) < 4.78 is 5.45. The average Bonchev–Trinajstić information content (AvgIpc) is 3.46. The molecule has 0 aliphatic heterocycles. The number of esters is 1. The van der Waals surface area contributed by atoms with Crippen LogP contribution in [0.2, 0.25) is 0 Å². The second-order valence-electron chi connectivity index (χ2n) is 7.47. The SMILES string of the molecule is CCOC(=O)C1CCC(NC(=NC)NCC2(Sc3ccccc3)CC2)CC1. The maximum atomic E-state index is 11.9. The summed E-state index contributed by atoms with van der Waals surface area (Å²) in [6.45, 7) is 3.25. The van der Waals surface area contributed by atoms with Crippen LogP contribution in [0.1, 0.15) is 45.4 Å². The van der Waals surface area contributed by atoms with Gasteiger partial charge in [0.25, 0.3) is 0 Å². The van der Waals surface area contributed by atoms with Crippen LogP contribution in [0.5, 0.6) is 0 Å². The molecule has 0 saturated heterocycles. The van der Waals surface area contributed by atoms with Crippen molar-refractivity contribution in [2.24, 2.45) is 10.9 Å². The van der Waals surface area contributed by atoms with Crippen LogP contribution in [0.4, 0.5) is 0 Å². The molecule has 1 aromatic rings. The van der Waals surface area contributed by atoms with Gasteiger partial charge in [0.05, 0.1) is 12.5 Å². The largest absolute Gasteiger partial charge is 0.466 e. The van der Waals surface area contributed by atoms with Gasteiger partial charge in [-0.1, -0.05) is 18.2 Å². The molecule has 0 unspecified atom stereocenters. The highest BCUT2D eigenvalue weighted by Gasteiger charge is 2.43. The fourth-order valence-electron chi connectivity index (χ4n) is 3.56. The van der Waals surface area contributed by atoms with E-state index in [-0.39, 0.29) is 11.9 Å². The Labute approximate surface area is 166 Å². The third-order valence-electron chi connectivity index (χ3n) is 5.37. The first-order valence-corrected chi connectivity index (χ1v) is 10.8. The van der Waals surface area contributed by atoms with Gasteiger partial charge in [0.15, 0.2) is 5.96 Å². The maximum absolute atomic E-state index is 11.9. The molecule has 0 radical (unpaired) electrons. The van der Waals surface area contributed by atoms with Gasteiger partial charge in [-0.15, -0.1) is 11.8 Å². The van der Waals surface area contributed by atoms with Crippen LogP contribution in [0.3, 0.4) is 0 Å². The minimum Gasteiger partial charge on any atom is -0.466 e. The van der Waals surface area contributed by atoms with Crippen LogP contribution in [-0.4, -0.2) is 42.9 Å². The molecule has 0 atom stereocenters. The van der Waals surface area contributed by atoms with Gasteiger partial charge in [0.1, 0.15) is 0 Å². The molecule has 27 heavy (non-hydrogen) atoms. The van der Waals surface area contributed by atoms with E-state index in [1.54, 1.807) is 0 Å². The topological polar surface area (TPSA) is 62.7 Å². The summed E-state index contributed by atoms with van der Waals surface area (Å²) >= 11 is 1.97. The van der Waals surface area contributed by atoms with E-state index in [0.717, 1.165) is 38.2 Å². The monoisotopic (exact) mass is 389 g/mol. The number of thioether (sulfide) groups is 1. The molecule has 148 valence electrons. The number of guanidine groups is 1. The fraction of sp³-hybridized carbons (Fsp3) is 0.619. The summed E-state index contributed by atoms with van der Waals surface area (Å²) in [5, 5.41) is 7.06. The Morgan fingerprint density at radius 2 is 1.93 bits per heavy atom. The quantitative estimate of drug-likeness (QED) is 0.424. The molecule has 0 amide bonds. The Kier molecular flexibility index (Phi) is 7.05. The van der Waals surface area contributed by atoms with E-state index in [0.29, 0.717) is 17.4 Å². The minimum atomic E-state index is -0.0351. The van der Waals surface area contributed by atoms with E-state index < -0.39 is 0 Å². The molecule has 0 bridgehead atoms. The van der Waals surface area contributed by atoms with E-state index >= 15 is 0 Å². The molecule has 2 N–H and O–H groups in total. The molecular weight excluding hydrogens is 358 g/mol. The number of hydrogen-bond acceptors (Lipinski definition) is 4. The van der Waals surface area contributed by atoms with Crippen molar-refractivity contribution >= 4 is 23.7 Å². The average molecular weight is 390 g/mol. The molecule has 0 spiro atoms. The standard InChI is InChI=1S/C21H31N3O2S/c1-3-26-19(25)16-9-11-17(12-10-16)24-20(22-2)23-15-21(13-14-21)27-18-7-5-4-6-8-18/h4-8,16-17H,3,9-15H2,1-2H3,(H2,22,23,24). The summed E-state index contributed by atoms with van der Waals surface area (Å²) in [5.74, 6) is 0.900. The number of rotatable bonds is 7. The first-order chi connectivity index (χ1) is 13.1. The molecule has 2 fully saturated rings. The predicted molar refractivity (Wildman–Crippen MR) is 111 cm³/mol. The second-order valence-corrected chi connectivity index (χ2v) is 9.01. The molecule has 2 aliphatic rings. The first-order valence-electron chi connectivity index (χ1n) is 10.0. The summed E-state index contributed by atoms with van der Waals surface area (Å²) in [7, 11) is 1.82. The summed E-state index contributed by atoms with van der Waals surface area (Å²) in [5.41, 5.74) is 0. The molecule has 6 heteroatoms. The Morgan fingerprint density at radius 3 is 2.52 bits per heavy atom. The van der Waals surface area contributed by atoms with Crippen LogP contribution in [-0.2, 0) is 9.53 Å². The summed E-state index contributed by atoms with van der Waals surface area (Å²) in [6.07, 6.45) is 6.22. The van der Waals surface area contributed by atoms with Gasteiger partial charge in [0, 0.05) is 29.3 Å². The molecule has 0 aromatic heterocycles. The number of aliphatic imine (C=N–C) groups is 1. The molecule has 2 aliphatic carbocycles. The summed E-state index contributed by atoms with van der Waals surface area (Å²) in [4.78, 5) is 17.6. The molecule has 3 rings (SSSR count). The van der Waals surface area contributed by atoms with Gasteiger partial charge in [-0.05, 0) is 57.6 Å². The van der Waals surface area contributed by atoms with Crippen LogP contribution in [0.25, 0.3) is 0 Å². The molecule has 0 heterocycles.